The van der Waals surface area contributed by atoms with Crippen LogP contribution in [0.15, 0.2) is 97.1 Å². The van der Waals surface area contributed by atoms with E-state index in [0.717, 1.165) is 55.3 Å². The minimum absolute atomic E-state index is 0.102. The summed E-state index contributed by atoms with van der Waals surface area (Å²) in [5, 5.41) is 6.88. The minimum atomic E-state index is 0.102. The zero-order valence-electron chi connectivity index (χ0n) is 20.9. The average Bonchev–Trinajstić information content (AvgIpc) is 3.57. The first-order valence-electron chi connectivity index (χ1n) is 13.3. The number of hydrogen-bond donors (Lipinski definition) is 0. The standard InChI is InChI=1S/C36H16O2S2/c37-33-21-7-3-1-5-17(21)19-13-15-27-31-25(11-9-23(33)29(19)31)35(39-27)36-26-12-10-24-30-20(14-16-28(40-36)32(26)30)18-6-2-4-8-22(18)34(24)38/h1-16H. The topological polar surface area (TPSA) is 34.1 Å². The lowest BCUT2D eigenvalue weighted by molar-refractivity contribution is 0.103. The monoisotopic (exact) mass is 544 g/mol. The summed E-state index contributed by atoms with van der Waals surface area (Å²) in [5.74, 6) is 0.203. The maximum absolute atomic E-state index is 13.5. The summed E-state index contributed by atoms with van der Waals surface area (Å²) in [6.07, 6.45) is 0. The molecule has 184 valence electrons. The zero-order valence-corrected chi connectivity index (χ0v) is 22.5. The molecule has 40 heavy (non-hydrogen) atoms. The van der Waals surface area contributed by atoms with E-state index in [0.29, 0.717) is 0 Å². The van der Waals surface area contributed by atoms with Gasteiger partial charge in [-0.2, -0.15) is 0 Å². The molecule has 0 bridgehead atoms. The Kier molecular flexibility index (Phi) is 3.77. The van der Waals surface area contributed by atoms with Gasteiger partial charge in [0.05, 0.1) is 9.06 Å². The van der Waals surface area contributed by atoms with Gasteiger partial charge in [0.2, 0.25) is 0 Å². The molecule has 2 aliphatic carbocycles. The Morgan fingerprint density at radius 3 is 1.20 bits per heavy atom. The molecule has 0 amide bonds. The van der Waals surface area contributed by atoms with Gasteiger partial charge in [-0.3, -0.25) is 9.59 Å². The largest absolute Gasteiger partial charge is 0.289 e. The number of carbonyl (C=O) groups excluding carboxylic acids is 2. The van der Waals surface area contributed by atoms with Gasteiger partial charge in [0, 0.05) is 64.0 Å². The van der Waals surface area contributed by atoms with Gasteiger partial charge in [-0.1, -0.05) is 72.8 Å². The highest BCUT2D eigenvalue weighted by Crippen LogP contribution is 2.48. The van der Waals surface area contributed by atoms with Crippen molar-refractivity contribution in [3.63, 3.8) is 0 Å². The van der Waals surface area contributed by atoms with E-state index in [2.05, 4.69) is 48.5 Å². The Bertz CT molecular complexity index is 2400. The highest BCUT2D eigenvalue weighted by molar-refractivity contribution is 7.22. The summed E-state index contributed by atoms with van der Waals surface area (Å²) in [4.78, 5) is 27.0. The van der Waals surface area contributed by atoms with E-state index in [-0.39, 0.29) is 11.6 Å². The van der Waals surface area contributed by atoms with Crippen LogP contribution in [0, 0.1) is 9.06 Å². The lowest BCUT2D eigenvalue weighted by atomic mass is 9.82. The molecule has 2 aliphatic rings. The molecule has 2 heterocycles. The van der Waals surface area contributed by atoms with Crippen LogP contribution in [-0.2, 0) is 0 Å². The molecule has 0 saturated heterocycles. The second-order valence-corrected chi connectivity index (χ2v) is 12.8. The first-order valence-corrected chi connectivity index (χ1v) is 14.9. The molecule has 4 heteroatoms. The number of rotatable bonds is 0. The molecule has 10 rings (SSSR count). The number of ketones is 2. The van der Waals surface area contributed by atoms with Crippen molar-refractivity contribution in [1.82, 2.24) is 0 Å². The fourth-order valence-electron chi connectivity index (χ4n) is 7.09. The van der Waals surface area contributed by atoms with Crippen LogP contribution in [0.5, 0.6) is 0 Å². The molecule has 0 radical (unpaired) electrons. The van der Waals surface area contributed by atoms with Crippen molar-refractivity contribution in [3.8, 4) is 22.3 Å². The molecule has 2 nitrogen and oxygen atoms in total. The second-order valence-electron chi connectivity index (χ2n) is 10.7. The van der Waals surface area contributed by atoms with Gasteiger partial charge < -0.3 is 0 Å². The Hall–Kier alpha value is -4.64. The molecule has 0 atom stereocenters. The molecule has 0 spiro atoms. The van der Waals surface area contributed by atoms with Gasteiger partial charge in [-0.05, 0) is 46.5 Å². The summed E-state index contributed by atoms with van der Waals surface area (Å²) in [7, 11) is 0. The highest BCUT2D eigenvalue weighted by atomic mass is 32.1. The normalized spacial score (nSPS) is 14.5. The Labute approximate surface area is 235 Å². The molecule has 2 aromatic heterocycles. The van der Waals surface area contributed by atoms with Crippen LogP contribution >= 0.6 is 22.7 Å². The summed E-state index contributed by atoms with van der Waals surface area (Å²) in [6, 6.07) is 33.0. The number of hydrogen-bond acceptors (Lipinski definition) is 4. The smallest absolute Gasteiger partial charge is 0.194 e. The third-order valence-corrected chi connectivity index (χ3v) is 11.3. The lowest BCUT2D eigenvalue weighted by Gasteiger charge is -2.19. The summed E-state index contributed by atoms with van der Waals surface area (Å²) in [6.45, 7) is 0. The van der Waals surface area contributed by atoms with Crippen LogP contribution in [-0.4, -0.2) is 11.6 Å². The first kappa shape index (κ1) is 21.2. The van der Waals surface area contributed by atoms with E-state index in [1.807, 2.05) is 48.5 Å². The van der Waals surface area contributed by atoms with Crippen LogP contribution in [0.4, 0.5) is 0 Å². The number of fused-ring (bicyclic) bond motifs is 4. The SMILES string of the molecule is O=C1c2ccccc2-c2ccc3sc(=c4sc5ccc6c7c(ccc4c57)C(=O)c4ccccc4-6)c4ccc1c2c34. The van der Waals surface area contributed by atoms with Gasteiger partial charge >= 0.3 is 0 Å². The third kappa shape index (κ3) is 2.37. The maximum Gasteiger partial charge on any atom is 0.194 e. The molecule has 8 aromatic rings. The first-order chi connectivity index (χ1) is 19.7. The fourth-order valence-corrected chi connectivity index (χ4v) is 9.65. The van der Waals surface area contributed by atoms with Gasteiger partial charge in [0.1, 0.15) is 0 Å². The van der Waals surface area contributed by atoms with Crippen molar-refractivity contribution in [2.45, 2.75) is 0 Å². The van der Waals surface area contributed by atoms with Gasteiger partial charge in [0.15, 0.2) is 11.6 Å². The molecule has 0 N–H and O–H groups in total. The summed E-state index contributed by atoms with van der Waals surface area (Å²) in [5.41, 5.74) is 7.44. The molecule has 0 saturated carbocycles. The average molecular weight is 545 g/mol. The van der Waals surface area contributed by atoms with Crippen LogP contribution in [0.3, 0.4) is 0 Å². The number of thiophene rings is 2. The van der Waals surface area contributed by atoms with Gasteiger partial charge in [0.25, 0.3) is 0 Å². The van der Waals surface area contributed by atoms with E-state index in [1.54, 1.807) is 22.7 Å². The zero-order chi connectivity index (χ0) is 26.3. The van der Waals surface area contributed by atoms with Crippen LogP contribution in [0.1, 0.15) is 31.8 Å². The third-order valence-electron chi connectivity index (χ3n) is 8.78. The predicted molar refractivity (Wildman–Crippen MR) is 165 cm³/mol. The van der Waals surface area contributed by atoms with E-state index in [9.17, 15) is 9.59 Å². The summed E-state index contributed by atoms with van der Waals surface area (Å²) >= 11 is 3.60. The van der Waals surface area contributed by atoms with E-state index in [1.165, 1.54) is 40.0 Å². The number of benzene rings is 6. The lowest BCUT2D eigenvalue weighted by Crippen LogP contribution is -2.09. The van der Waals surface area contributed by atoms with Crippen LogP contribution in [0.2, 0.25) is 0 Å². The molecular weight excluding hydrogens is 529 g/mol. The predicted octanol–water partition coefficient (Wildman–Crippen LogP) is 9.57. The second kappa shape index (κ2) is 7.11. The summed E-state index contributed by atoms with van der Waals surface area (Å²) < 4.78 is 4.84. The van der Waals surface area contributed by atoms with E-state index >= 15 is 0 Å². The van der Waals surface area contributed by atoms with Crippen molar-refractivity contribution < 1.29 is 9.59 Å². The quantitative estimate of drug-likeness (QED) is 0.190. The Morgan fingerprint density at radius 2 is 0.750 bits per heavy atom. The van der Waals surface area contributed by atoms with Gasteiger partial charge in [-0.25, -0.2) is 0 Å². The molecular formula is C36H16O2S2. The van der Waals surface area contributed by atoms with Crippen LogP contribution < -0.4 is 0 Å². The van der Waals surface area contributed by atoms with Crippen molar-refractivity contribution in [3.05, 3.63) is 128 Å². The van der Waals surface area contributed by atoms with Crippen molar-refractivity contribution in [2.75, 3.05) is 0 Å². The van der Waals surface area contributed by atoms with E-state index in [4.69, 9.17) is 0 Å². The maximum atomic E-state index is 13.5. The highest BCUT2D eigenvalue weighted by Gasteiger charge is 2.29. The Balaban J connectivity index is 1.38. The van der Waals surface area contributed by atoms with E-state index < -0.39 is 0 Å². The van der Waals surface area contributed by atoms with Crippen molar-refractivity contribution in [1.29, 1.82) is 0 Å². The van der Waals surface area contributed by atoms with Gasteiger partial charge in [-0.15, -0.1) is 22.7 Å². The number of carbonyl (C=O) groups is 2. The fraction of sp³-hybridized carbons (Fsp3) is 0. The Morgan fingerprint density at radius 1 is 0.350 bits per heavy atom. The minimum Gasteiger partial charge on any atom is -0.289 e. The van der Waals surface area contributed by atoms with Crippen molar-refractivity contribution >= 4 is 76.0 Å². The molecule has 0 fully saturated rings. The van der Waals surface area contributed by atoms with Crippen molar-refractivity contribution in [2.24, 2.45) is 0 Å². The van der Waals surface area contributed by atoms with Crippen LogP contribution in [0.25, 0.3) is 64.0 Å². The molecule has 0 aliphatic heterocycles. The molecule has 6 aromatic carbocycles. The molecule has 0 unspecified atom stereocenters.